The molecule has 0 radical (unpaired) electrons. The van der Waals surface area contributed by atoms with Gasteiger partial charge in [0.05, 0.1) is 11.5 Å². The van der Waals surface area contributed by atoms with E-state index in [1.807, 2.05) is 6.92 Å². The fourth-order valence-corrected chi connectivity index (χ4v) is 5.29. The van der Waals surface area contributed by atoms with Crippen molar-refractivity contribution in [2.24, 2.45) is 0 Å². The van der Waals surface area contributed by atoms with E-state index in [1.165, 1.54) is 6.42 Å². The molecule has 7 nitrogen and oxygen atoms in total. The van der Waals surface area contributed by atoms with E-state index in [2.05, 4.69) is 4.90 Å². The molecular formula is C22H34N2O5S. The van der Waals surface area contributed by atoms with Gasteiger partial charge in [0, 0.05) is 51.3 Å². The van der Waals surface area contributed by atoms with E-state index >= 15 is 0 Å². The molecule has 2 saturated heterocycles. The summed E-state index contributed by atoms with van der Waals surface area (Å²) in [5, 5.41) is 0. The van der Waals surface area contributed by atoms with Crippen molar-refractivity contribution in [1.29, 1.82) is 0 Å². The summed E-state index contributed by atoms with van der Waals surface area (Å²) < 4.78 is 38.7. The Kier molecular flexibility index (Phi) is 8.83. The van der Waals surface area contributed by atoms with E-state index in [-0.39, 0.29) is 17.0 Å². The molecule has 8 heteroatoms. The van der Waals surface area contributed by atoms with Gasteiger partial charge in [0.2, 0.25) is 10.0 Å². The zero-order valence-electron chi connectivity index (χ0n) is 17.9. The van der Waals surface area contributed by atoms with E-state index in [0.717, 1.165) is 38.8 Å². The summed E-state index contributed by atoms with van der Waals surface area (Å²) in [5.74, 6) is 0.0501. The number of carbonyl (C=O) groups is 1. The van der Waals surface area contributed by atoms with Gasteiger partial charge in [0.15, 0.2) is 12.1 Å². The average Bonchev–Trinajstić information content (AvgIpc) is 2.78. The van der Waals surface area contributed by atoms with Crippen LogP contribution in [0.15, 0.2) is 29.2 Å². The Morgan fingerprint density at radius 2 is 1.87 bits per heavy atom. The van der Waals surface area contributed by atoms with Crippen molar-refractivity contribution in [3.63, 3.8) is 0 Å². The number of rotatable bonds is 10. The van der Waals surface area contributed by atoms with Crippen LogP contribution in [0.1, 0.15) is 55.8 Å². The zero-order valence-corrected chi connectivity index (χ0v) is 18.7. The molecule has 2 aliphatic rings. The maximum atomic E-state index is 12.9. The molecule has 3 rings (SSSR count). The first kappa shape index (κ1) is 23.3. The minimum atomic E-state index is -3.53. The van der Waals surface area contributed by atoms with E-state index in [9.17, 15) is 13.2 Å². The van der Waals surface area contributed by atoms with Crippen LogP contribution in [0.5, 0.6) is 0 Å². The maximum Gasteiger partial charge on any atom is 0.243 e. The predicted octanol–water partition coefficient (Wildman–Crippen LogP) is 2.91. The Morgan fingerprint density at radius 3 is 2.50 bits per heavy atom. The van der Waals surface area contributed by atoms with Gasteiger partial charge < -0.3 is 14.4 Å². The number of ketones is 1. The van der Waals surface area contributed by atoms with Crippen LogP contribution < -0.4 is 0 Å². The van der Waals surface area contributed by atoms with Crippen molar-refractivity contribution >= 4 is 15.8 Å². The van der Waals surface area contributed by atoms with Crippen LogP contribution in [0.4, 0.5) is 0 Å². The maximum absolute atomic E-state index is 12.9. The van der Waals surface area contributed by atoms with E-state index in [4.69, 9.17) is 9.47 Å². The third-order valence-corrected chi connectivity index (χ3v) is 7.60. The van der Waals surface area contributed by atoms with Gasteiger partial charge in [-0.2, -0.15) is 4.31 Å². The smallest absolute Gasteiger partial charge is 0.243 e. The summed E-state index contributed by atoms with van der Waals surface area (Å²) in [7, 11) is -3.53. The predicted molar refractivity (Wildman–Crippen MR) is 115 cm³/mol. The van der Waals surface area contributed by atoms with Gasteiger partial charge in [0.25, 0.3) is 0 Å². The lowest BCUT2D eigenvalue weighted by Crippen LogP contribution is -2.48. The molecule has 2 aliphatic heterocycles. The third kappa shape index (κ3) is 6.34. The van der Waals surface area contributed by atoms with Gasteiger partial charge >= 0.3 is 0 Å². The molecule has 0 saturated carbocycles. The van der Waals surface area contributed by atoms with E-state index in [1.54, 1.807) is 28.6 Å². The molecule has 0 aromatic heterocycles. The van der Waals surface area contributed by atoms with Gasteiger partial charge in [0.1, 0.15) is 0 Å². The standard InChI is InChI=1S/C22H34N2O5S/c1-2-6-21(25)19-8-10-20(11-9-19)30(26,27)24-15-13-23(14-16-24)12-5-18-29-22-7-3-4-17-28-22/h8-11,22H,2-7,12-18H2,1H3. The number of Topliss-reactive ketones (excluding diaryl/α,β-unsaturated/α-hetero) is 1. The monoisotopic (exact) mass is 438 g/mol. The Morgan fingerprint density at radius 1 is 1.13 bits per heavy atom. The van der Waals surface area contributed by atoms with Crippen molar-refractivity contribution in [3.8, 4) is 0 Å². The topological polar surface area (TPSA) is 76.2 Å². The number of benzene rings is 1. The van der Waals surface area contributed by atoms with Gasteiger partial charge in [-0.3, -0.25) is 4.79 Å². The molecule has 1 aromatic rings. The second kappa shape index (κ2) is 11.3. The van der Waals surface area contributed by atoms with Gasteiger partial charge in [-0.1, -0.05) is 19.1 Å². The van der Waals surface area contributed by atoms with Crippen molar-refractivity contribution < 1.29 is 22.7 Å². The van der Waals surface area contributed by atoms with Crippen LogP contribution in [-0.2, 0) is 19.5 Å². The van der Waals surface area contributed by atoms with Crippen LogP contribution in [0.2, 0.25) is 0 Å². The Labute approximate surface area is 180 Å². The lowest BCUT2D eigenvalue weighted by atomic mass is 10.1. The summed E-state index contributed by atoms with van der Waals surface area (Å²) in [4.78, 5) is 14.5. The lowest BCUT2D eigenvalue weighted by Gasteiger charge is -2.34. The largest absolute Gasteiger partial charge is 0.353 e. The number of sulfonamides is 1. The number of hydrogen-bond donors (Lipinski definition) is 0. The molecule has 2 fully saturated rings. The summed E-state index contributed by atoms with van der Waals surface area (Å²) in [6, 6.07) is 6.35. The first-order chi connectivity index (χ1) is 14.5. The van der Waals surface area contributed by atoms with Crippen molar-refractivity contribution in [1.82, 2.24) is 9.21 Å². The lowest BCUT2D eigenvalue weighted by molar-refractivity contribution is -0.163. The van der Waals surface area contributed by atoms with Gasteiger partial charge in [-0.05, 0) is 44.2 Å². The summed E-state index contributed by atoms with van der Waals surface area (Å²) in [6.45, 7) is 6.70. The second-order valence-corrected chi connectivity index (χ2v) is 9.90. The van der Waals surface area contributed by atoms with Crippen molar-refractivity contribution in [2.45, 2.75) is 56.6 Å². The average molecular weight is 439 g/mol. The first-order valence-corrected chi connectivity index (χ1v) is 12.5. The van der Waals surface area contributed by atoms with Gasteiger partial charge in [-0.25, -0.2) is 8.42 Å². The first-order valence-electron chi connectivity index (χ1n) is 11.1. The molecule has 0 bridgehead atoms. The zero-order chi connectivity index (χ0) is 21.4. The summed E-state index contributed by atoms with van der Waals surface area (Å²) in [6.07, 6.45) is 5.39. The fraction of sp³-hybridized carbons (Fsp3) is 0.682. The molecule has 1 aromatic carbocycles. The fourth-order valence-electron chi connectivity index (χ4n) is 3.87. The highest BCUT2D eigenvalue weighted by Crippen LogP contribution is 2.19. The van der Waals surface area contributed by atoms with Crippen LogP contribution in [-0.4, -0.2) is 75.6 Å². The summed E-state index contributed by atoms with van der Waals surface area (Å²) >= 11 is 0. The molecule has 0 amide bonds. The Bertz CT molecular complexity index is 767. The normalized spacial score (nSPS) is 21.6. The molecule has 0 N–H and O–H groups in total. The Hall–Kier alpha value is -1.32. The van der Waals surface area contributed by atoms with Crippen LogP contribution in [0.25, 0.3) is 0 Å². The van der Waals surface area contributed by atoms with Crippen LogP contribution >= 0.6 is 0 Å². The SMILES string of the molecule is CCCC(=O)c1ccc(S(=O)(=O)N2CCN(CCCOC3CCCCO3)CC2)cc1. The molecular weight excluding hydrogens is 404 g/mol. The third-order valence-electron chi connectivity index (χ3n) is 5.68. The van der Waals surface area contributed by atoms with Crippen molar-refractivity contribution in [3.05, 3.63) is 29.8 Å². The molecule has 168 valence electrons. The quantitative estimate of drug-likeness (QED) is 0.413. The van der Waals surface area contributed by atoms with E-state index < -0.39 is 10.0 Å². The van der Waals surface area contributed by atoms with Gasteiger partial charge in [-0.15, -0.1) is 0 Å². The minimum absolute atomic E-state index is 0.0501. The van der Waals surface area contributed by atoms with Crippen LogP contribution in [0.3, 0.4) is 0 Å². The molecule has 1 unspecified atom stereocenters. The molecule has 0 spiro atoms. The van der Waals surface area contributed by atoms with Crippen molar-refractivity contribution in [2.75, 3.05) is 45.9 Å². The number of piperazine rings is 1. The second-order valence-electron chi connectivity index (χ2n) is 7.96. The number of ether oxygens (including phenoxy) is 2. The highest BCUT2D eigenvalue weighted by Gasteiger charge is 2.28. The van der Waals surface area contributed by atoms with Crippen LogP contribution in [0, 0.1) is 0 Å². The molecule has 1 atom stereocenters. The highest BCUT2D eigenvalue weighted by atomic mass is 32.2. The highest BCUT2D eigenvalue weighted by molar-refractivity contribution is 7.89. The number of hydrogen-bond acceptors (Lipinski definition) is 6. The summed E-state index contributed by atoms with van der Waals surface area (Å²) in [5.41, 5.74) is 0.571. The minimum Gasteiger partial charge on any atom is -0.353 e. The molecule has 2 heterocycles. The molecule has 0 aliphatic carbocycles. The number of nitrogens with zero attached hydrogens (tertiary/aromatic N) is 2. The number of carbonyl (C=O) groups excluding carboxylic acids is 1. The van der Waals surface area contributed by atoms with E-state index in [0.29, 0.717) is 44.8 Å². The Balaban J connectivity index is 1.42. The molecule has 30 heavy (non-hydrogen) atoms.